The van der Waals surface area contributed by atoms with Gasteiger partial charge in [-0.1, -0.05) is 12.1 Å². The fourth-order valence-electron chi connectivity index (χ4n) is 1.56. The molecule has 1 aromatic carbocycles. The lowest BCUT2D eigenvalue weighted by atomic mass is 10.1. The largest absolute Gasteiger partial charge is 0.359 e. The molecule has 94 valence electrons. The Kier molecular flexibility index (Phi) is 5.63. The molecule has 0 fully saturated rings. The molecule has 0 spiro atoms. The van der Waals surface area contributed by atoms with Crippen molar-refractivity contribution in [1.29, 1.82) is 0 Å². The molecule has 3 nitrogen and oxygen atoms in total. The molecule has 0 aliphatic heterocycles. The van der Waals surface area contributed by atoms with E-state index in [0.29, 0.717) is 6.42 Å². The van der Waals surface area contributed by atoms with Crippen molar-refractivity contribution in [2.45, 2.75) is 25.8 Å². The molecule has 0 bridgehead atoms. The fourth-order valence-corrected chi connectivity index (χ4v) is 1.56. The van der Waals surface area contributed by atoms with Crippen LogP contribution >= 0.6 is 0 Å². The highest BCUT2D eigenvalue weighted by molar-refractivity contribution is 5.75. The van der Waals surface area contributed by atoms with Crippen LogP contribution in [0.4, 0.5) is 4.39 Å². The van der Waals surface area contributed by atoms with Crippen molar-refractivity contribution < 1.29 is 9.18 Å². The highest BCUT2D eigenvalue weighted by Crippen LogP contribution is 2.12. The number of benzene rings is 1. The van der Waals surface area contributed by atoms with Gasteiger partial charge in [0, 0.05) is 19.5 Å². The molecule has 2 N–H and O–H groups in total. The molecule has 0 aromatic heterocycles. The van der Waals surface area contributed by atoms with E-state index in [0.717, 1.165) is 18.5 Å². The Morgan fingerprint density at radius 2 is 2.00 bits per heavy atom. The van der Waals surface area contributed by atoms with Crippen LogP contribution in [0, 0.1) is 5.82 Å². The zero-order chi connectivity index (χ0) is 12.7. The third-order valence-corrected chi connectivity index (χ3v) is 2.68. The molecule has 1 amide bonds. The van der Waals surface area contributed by atoms with Gasteiger partial charge in [-0.3, -0.25) is 4.79 Å². The predicted molar refractivity (Wildman–Crippen MR) is 66.1 cm³/mol. The first-order valence-corrected chi connectivity index (χ1v) is 5.83. The lowest BCUT2D eigenvalue weighted by Gasteiger charge is -2.13. The first-order chi connectivity index (χ1) is 8.13. The van der Waals surface area contributed by atoms with Crippen LogP contribution in [0.2, 0.25) is 0 Å². The highest BCUT2D eigenvalue weighted by Gasteiger charge is 2.04. The van der Waals surface area contributed by atoms with Crippen molar-refractivity contribution in [3.05, 3.63) is 35.6 Å². The minimum absolute atomic E-state index is 0.0567. The molecular formula is C13H19FN2O. The van der Waals surface area contributed by atoms with E-state index < -0.39 is 0 Å². The summed E-state index contributed by atoms with van der Waals surface area (Å²) in [7, 11) is 1.64. The number of hydrogen-bond acceptors (Lipinski definition) is 2. The predicted octanol–water partition coefficient (Wildman–Crippen LogP) is 2.00. The van der Waals surface area contributed by atoms with Crippen molar-refractivity contribution >= 4 is 5.91 Å². The molecule has 0 saturated heterocycles. The molecule has 1 aromatic rings. The first-order valence-electron chi connectivity index (χ1n) is 5.83. The third kappa shape index (κ3) is 4.95. The highest BCUT2D eigenvalue weighted by atomic mass is 19.1. The smallest absolute Gasteiger partial charge is 0.219 e. The van der Waals surface area contributed by atoms with E-state index in [2.05, 4.69) is 10.6 Å². The molecule has 0 unspecified atom stereocenters. The van der Waals surface area contributed by atoms with Crippen molar-refractivity contribution in [3.8, 4) is 0 Å². The normalized spacial score (nSPS) is 12.2. The summed E-state index contributed by atoms with van der Waals surface area (Å²) in [5.74, 6) is -0.165. The Labute approximate surface area is 101 Å². The summed E-state index contributed by atoms with van der Waals surface area (Å²) in [6, 6.07) is 6.62. The number of amides is 1. The Bertz CT molecular complexity index is 351. The van der Waals surface area contributed by atoms with Gasteiger partial charge in [-0.25, -0.2) is 4.39 Å². The summed E-state index contributed by atoms with van der Waals surface area (Å²) in [6.45, 7) is 2.79. The topological polar surface area (TPSA) is 41.1 Å². The van der Waals surface area contributed by atoms with E-state index in [-0.39, 0.29) is 17.8 Å². The van der Waals surface area contributed by atoms with Gasteiger partial charge in [0.15, 0.2) is 0 Å². The summed E-state index contributed by atoms with van der Waals surface area (Å²) in [4.78, 5) is 11.0. The fraction of sp³-hybridized carbons (Fsp3) is 0.462. The number of rotatable bonds is 6. The zero-order valence-corrected chi connectivity index (χ0v) is 10.3. The maximum Gasteiger partial charge on any atom is 0.219 e. The second-order valence-electron chi connectivity index (χ2n) is 4.00. The van der Waals surface area contributed by atoms with Crippen LogP contribution in [0.25, 0.3) is 0 Å². The average molecular weight is 238 g/mol. The van der Waals surface area contributed by atoms with Crippen LogP contribution in [-0.4, -0.2) is 19.5 Å². The van der Waals surface area contributed by atoms with E-state index in [1.807, 2.05) is 6.92 Å². The van der Waals surface area contributed by atoms with Gasteiger partial charge in [0.1, 0.15) is 5.82 Å². The number of hydrogen-bond donors (Lipinski definition) is 2. The maximum atomic E-state index is 12.7. The van der Waals surface area contributed by atoms with Gasteiger partial charge in [-0.2, -0.15) is 0 Å². The zero-order valence-electron chi connectivity index (χ0n) is 10.3. The Morgan fingerprint density at radius 1 is 1.35 bits per heavy atom. The molecule has 0 saturated carbocycles. The summed E-state index contributed by atoms with van der Waals surface area (Å²) < 4.78 is 12.7. The van der Waals surface area contributed by atoms with Crippen molar-refractivity contribution in [2.75, 3.05) is 13.6 Å². The van der Waals surface area contributed by atoms with Gasteiger partial charge >= 0.3 is 0 Å². The summed E-state index contributed by atoms with van der Waals surface area (Å²) in [5.41, 5.74) is 1.05. The summed E-state index contributed by atoms with van der Waals surface area (Å²) >= 11 is 0. The molecular weight excluding hydrogens is 219 g/mol. The minimum atomic E-state index is -0.222. The van der Waals surface area contributed by atoms with Crippen LogP contribution in [0.5, 0.6) is 0 Å². The molecule has 4 heteroatoms. The van der Waals surface area contributed by atoms with Gasteiger partial charge in [0.25, 0.3) is 0 Å². The second-order valence-corrected chi connectivity index (χ2v) is 4.00. The van der Waals surface area contributed by atoms with Crippen LogP contribution in [0.1, 0.15) is 31.4 Å². The lowest BCUT2D eigenvalue weighted by molar-refractivity contribution is -0.120. The van der Waals surface area contributed by atoms with Crippen LogP contribution in [0.15, 0.2) is 24.3 Å². The Morgan fingerprint density at radius 3 is 2.59 bits per heavy atom. The number of nitrogens with one attached hydrogen (secondary N) is 2. The van der Waals surface area contributed by atoms with E-state index in [1.54, 1.807) is 19.2 Å². The van der Waals surface area contributed by atoms with Gasteiger partial charge in [0.2, 0.25) is 5.91 Å². The first kappa shape index (κ1) is 13.6. The van der Waals surface area contributed by atoms with E-state index >= 15 is 0 Å². The average Bonchev–Trinajstić information content (AvgIpc) is 2.34. The molecule has 0 radical (unpaired) electrons. The Hall–Kier alpha value is -1.42. The SMILES string of the molecule is CNC(=O)CCCN[C@H](C)c1ccc(F)cc1. The van der Waals surface area contributed by atoms with Crippen LogP contribution < -0.4 is 10.6 Å². The van der Waals surface area contributed by atoms with E-state index in [4.69, 9.17) is 0 Å². The molecule has 0 heterocycles. The van der Waals surface area contributed by atoms with Gasteiger partial charge in [0.05, 0.1) is 0 Å². The van der Waals surface area contributed by atoms with Crippen LogP contribution in [-0.2, 0) is 4.79 Å². The summed E-state index contributed by atoms with van der Waals surface area (Å²) in [5, 5.41) is 5.88. The van der Waals surface area contributed by atoms with Gasteiger partial charge < -0.3 is 10.6 Å². The molecule has 1 rings (SSSR count). The number of carbonyl (C=O) groups is 1. The van der Waals surface area contributed by atoms with Crippen molar-refractivity contribution in [2.24, 2.45) is 0 Å². The maximum absolute atomic E-state index is 12.7. The second kappa shape index (κ2) is 7.01. The Balaban J connectivity index is 2.27. The lowest BCUT2D eigenvalue weighted by Crippen LogP contribution is -2.23. The third-order valence-electron chi connectivity index (χ3n) is 2.68. The van der Waals surface area contributed by atoms with Gasteiger partial charge in [-0.15, -0.1) is 0 Å². The van der Waals surface area contributed by atoms with Crippen molar-refractivity contribution in [1.82, 2.24) is 10.6 Å². The molecule has 1 atom stereocenters. The summed E-state index contributed by atoms with van der Waals surface area (Å²) in [6.07, 6.45) is 1.32. The van der Waals surface area contributed by atoms with E-state index in [9.17, 15) is 9.18 Å². The molecule has 17 heavy (non-hydrogen) atoms. The molecule has 0 aliphatic carbocycles. The molecule has 0 aliphatic rings. The van der Waals surface area contributed by atoms with E-state index in [1.165, 1.54) is 12.1 Å². The minimum Gasteiger partial charge on any atom is -0.359 e. The van der Waals surface area contributed by atoms with Gasteiger partial charge in [-0.05, 0) is 37.6 Å². The van der Waals surface area contributed by atoms with Crippen LogP contribution in [0.3, 0.4) is 0 Å². The number of carbonyl (C=O) groups excluding carboxylic acids is 1. The van der Waals surface area contributed by atoms with Crippen molar-refractivity contribution in [3.63, 3.8) is 0 Å². The monoisotopic (exact) mass is 238 g/mol. The standard InChI is InChI=1S/C13H19FN2O/c1-10(11-5-7-12(14)8-6-11)16-9-3-4-13(17)15-2/h5-8,10,16H,3-4,9H2,1-2H3,(H,15,17)/t10-/m1/s1. The quantitative estimate of drug-likeness (QED) is 0.744. The number of halogens is 1.